The second-order valence-electron chi connectivity index (χ2n) is 6.07. The van der Waals surface area contributed by atoms with E-state index >= 15 is 0 Å². The molecule has 0 saturated carbocycles. The molecule has 2 N–H and O–H groups in total. The molecular weight excluding hydrogens is 326 g/mol. The van der Waals surface area contributed by atoms with E-state index in [9.17, 15) is 8.42 Å². The maximum absolute atomic E-state index is 12.6. The molecule has 1 aliphatic rings. The molecule has 0 bridgehead atoms. The van der Waals surface area contributed by atoms with E-state index in [0.717, 1.165) is 11.3 Å². The number of sulfonamides is 1. The van der Waals surface area contributed by atoms with E-state index in [1.165, 1.54) is 0 Å². The van der Waals surface area contributed by atoms with Crippen LogP contribution in [-0.4, -0.2) is 36.3 Å². The topological polar surface area (TPSA) is 84.1 Å². The summed E-state index contributed by atoms with van der Waals surface area (Å²) in [7, 11) is -3.46. The van der Waals surface area contributed by atoms with Gasteiger partial charge >= 0.3 is 0 Å². The quantitative estimate of drug-likeness (QED) is 0.840. The van der Waals surface area contributed by atoms with E-state index in [2.05, 4.69) is 14.7 Å². The van der Waals surface area contributed by atoms with Gasteiger partial charge in [-0.15, -0.1) is 0 Å². The SMILES string of the molecule is CC[C@H](NS(=O)(=O)[C@H]1CCO[C@@H]1C)c1ncc(-c2ccccc2)[nH]1. The van der Waals surface area contributed by atoms with Gasteiger partial charge in [0.05, 0.1) is 24.0 Å². The molecule has 0 spiro atoms. The normalized spacial score (nSPS) is 22.6. The summed E-state index contributed by atoms with van der Waals surface area (Å²) in [6, 6.07) is 9.46. The van der Waals surface area contributed by atoms with Crippen LogP contribution in [0.5, 0.6) is 0 Å². The smallest absolute Gasteiger partial charge is 0.217 e. The fourth-order valence-electron chi connectivity index (χ4n) is 3.02. The molecule has 0 aliphatic carbocycles. The lowest BCUT2D eigenvalue weighted by Crippen LogP contribution is -2.40. The summed E-state index contributed by atoms with van der Waals surface area (Å²) < 4.78 is 33.4. The van der Waals surface area contributed by atoms with Gasteiger partial charge in [0.15, 0.2) is 0 Å². The minimum Gasteiger partial charge on any atom is -0.377 e. The molecule has 1 aromatic carbocycles. The summed E-state index contributed by atoms with van der Waals surface area (Å²) in [5.41, 5.74) is 1.90. The van der Waals surface area contributed by atoms with Gasteiger partial charge in [0, 0.05) is 6.61 Å². The molecule has 1 saturated heterocycles. The van der Waals surface area contributed by atoms with Crippen LogP contribution in [0.2, 0.25) is 0 Å². The van der Waals surface area contributed by atoms with Crippen molar-refractivity contribution < 1.29 is 13.2 Å². The van der Waals surface area contributed by atoms with Crippen molar-refractivity contribution in [1.82, 2.24) is 14.7 Å². The number of ether oxygens (including phenoxy) is 1. The van der Waals surface area contributed by atoms with Crippen molar-refractivity contribution in [1.29, 1.82) is 0 Å². The molecule has 0 amide bonds. The first-order valence-corrected chi connectivity index (χ1v) is 9.79. The number of imidazole rings is 1. The number of hydrogen-bond acceptors (Lipinski definition) is 4. The van der Waals surface area contributed by atoms with Gasteiger partial charge in [-0.05, 0) is 25.3 Å². The molecule has 24 heavy (non-hydrogen) atoms. The molecule has 6 nitrogen and oxygen atoms in total. The van der Waals surface area contributed by atoms with E-state index < -0.39 is 15.3 Å². The van der Waals surface area contributed by atoms with E-state index in [1.54, 1.807) is 13.1 Å². The highest BCUT2D eigenvalue weighted by molar-refractivity contribution is 7.90. The van der Waals surface area contributed by atoms with Crippen molar-refractivity contribution in [3.05, 3.63) is 42.4 Å². The van der Waals surface area contributed by atoms with E-state index in [4.69, 9.17) is 4.74 Å². The summed E-state index contributed by atoms with van der Waals surface area (Å²) >= 11 is 0. The molecule has 7 heteroatoms. The lowest BCUT2D eigenvalue weighted by molar-refractivity contribution is 0.126. The van der Waals surface area contributed by atoms with Crippen LogP contribution in [0.15, 0.2) is 36.5 Å². The van der Waals surface area contributed by atoms with Gasteiger partial charge in [0.2, 0.25) is 10.0 Å². The number of nitrogens with one attached hydrogen (secondary N) is 2. The summed E-state index contributed by atoms with van der Waals surface area (Å²) in [6.07, 6.45) is 2.60. The Hall–Kier alpha value is -1.70. The molecule has 0 unspecified atom stereocenters. The number of rotatable bonds is 6. The Labute approximate surface area is 142 Å². The van der Waals surface area contributed by atoms with Gasteiger partial charge in [0.1, 0.15) is 11.1 Å². The monoisotopic (exact) mass is 349 g/mol. The molecule has 2 aromatic rings. The Balaban J connectivity index is 1.78. The zero-order chi connectivity index (χ0) is 17.2. The predicted molar refractivity (Wildman–Crippen MR) is 92.9 cm³/mol. The first-order valence-electron chi connectivity index (χ1n) is 8.24. The number of hydrogen-bond donors (Lipinski definition) is 2. The van der Waals surface area contributed by atoms with Crippen LogP contribution in [0.1, 0.15) is 38.6 Å². The van der Waals surface area contributed by atoms with Gasteiger partial charge in [-0.25, -0.2) is 18.1 Å². The predicted octanol–water partition coefficient (Wildman–Crippen LogP) is 2.62. The van der Waals surface area contributed by atoms with Crippen LogP contribution in [0.4, 0.5) is 0 Å². The highest BCUT2D eigenvalue weighted by atomic mass is 32.2. The van der Waals surface area contributed by atoms with Crippen LogP contribution in [0, 0.1) is 0 Å². The Morgan fingerprint density at radius 3 is 2.75 bits per heavy atom. The summed E-state index contributed by atoms with van der Waals surface area (Å²) in [5, 5.41) is -0.505. The van der Waals surface area contributed by atoms with E-state index in [1.807, 2.05) is 37.3 Å². The average molecular weight is 349 g/mol. The van der Waals surface area contributed by atoms with Crippen molar-refractivity contribution in [2.45, 2.75) is 44.1 Å². The zero-order valence-electron chi connectivity index (χ0n) is 13.9. The number of H-pyrrole nitrogens is 1. The lowest BCUT2D eigenvalue weighted by atomic mass is 10.2. The second-order valence-corrected chi connectivity index (χ2v) is 8.01. The van der Waals surface area contributed by atoms with Crippen molar-refractivity contribution in [2.24, 2.45) is 0 Å². The Morgan fingerprint density at radius 1 is 1.38 bits per heavy atom. The third-order valence-corrected chi connectivity index (χ3v) is 6.46. The molecule has 1 aromatic heterocycles. The highest BCUT2D eigenvalue weighted by Gasteiger charge is 2.37. The van der Waals surface area contributed by atoms with Crippen LogP contribution in [0.3, 0.4) is 0 Å². The average Bonchev–Trinajstić information content (AvgIpc) is 3.23. The maximum atomic E-state index is 12.6. The number of aromatic nitrogens is 2. The zero-order valence-corrected chi connectivity index (χ0v) is 14.7. The van der Waals surface area contributed by atoms with Crippen LogP contribution in [-0.2, 0) is 14.8 Å². The summed E-state index contributed by atoms with van der Waals surface area (Å²) in [4.78, 5) is 7.62. The van der Waals surface area contributed by atoms with Crippen LogP contribution in [0.25, 0.3) is 11.3 Å². The third kappa shape index (κ3) is 3.53. The number of nitrogens with zero attached hydrogens (tertiary/aromatic N) is 1. The van der Waals surface area contributed by atoms with Crippen molar-refractivity contribution >= 4 is 10.0 Å². The van der Waals surface area contributed by atoms with Gasteiger partial charge in [-0.1, -0.05) is 37.3 Å². The molecule has 130 valence electrons. The molecule has 1 fully saturated rings. The van der Waals surface area contributed by atoms with Gasteiger partial charge in [-0.3, -0.25) is 0 Å². The standard InChI is InChI=1S/C17H23N3O3S/c1-3-14(20-24(21,22)16-9-10-23-12(16)2)17-18-11-15(19-17)13-7-5-4-6-8-13/h4-8,11-12,14,16,20H,3,9-10H2,1-2H3,(H,18,19)/t12-,14+,16+/m1/s1. The van der Waals surface area contributed by atoms with Gasteiger partial charge < -0.3 is 9.72 Å². The molecule has 1 aliphatic heterocycles. The first-order chi connectivity index (χ1) is 11.5. The largest absolute Gasteiger partial charge is 0.377 e. The second kappa shape index (κ2) is 7.04. The fourth-order valence-corrected chi connectivity index (χ4v) is 4.86. The lowest BCUT2D eigenvalue weighted by Gasteiger charge is -2.20. The first kappa shape index (κ1) is 17.1. The minimum absolute atomic E-state index is 0.281. The van der Waals surface area contributed by atoms with E-state index in [-0.39, 0.29) is 12.1 Å². The highest BCUT2D eigenvalue weighted by Crippen LogP contribution is 2.25. The Bertz CT molecular complexity index is 773. The van der Waals surface area contributed by atoms with Gasteiger partial charge in [0.25, 0.3) is 0 Å². The van der Waals surface area contributed by atoms with Crippen LogP contribution < -0.4 is 4.72 Å². The molecule has 3 rings (SSSR count). The van der Waals surface area contributed by atoms with E-state index in [0.29, 0.717) is 25.3 Å². The molecule has 0 radical (unpaired) electrons. The third-order valence-electron chi connectivity index (χ3n) is 4.43. The number of aromatic amines is 1. The minimum atomic E-state index is -3.46. The van der Waals surface area contributed by atoms with Crippen molar-refractivity contribution in [3.63, 3.8) is 0 Å². The summed E-state index contributed by atoms with van der Waals surface area (Å²) in [5.74, 6) is 0.631. The number of benzene rings is 1. The molecular formula is C17H23N3O3S. The summed E-state index contributed by atoms with van der Waals surface area (Å²) in [6.45, 7) is 4.23. The maximum Gasteiger partial charge on any atom is 0.217 e. The Kier molecular flexibility index (Phi) is 5.03. The fraction of sp³-hybridized carbons (Fsp3) is 0.471. The Morgan fingerprint density at radius 2 is 2.12 bits per heavy atom. The van der Waals surface area contributed by atoms with Crippen molar-refractivity contribution in [2.75, 3.05) is 6.61 Å². The van der Waals surface area contributed by atoms with Crippen molar-refractivity contribution in [3.8, 4) is 11.3 Å². The molecule has 2 heterocycles. The van der Waals surface area contributed by atoms with Gasteiger partial charge in [-0.2, -0.15) is 0 Å². The molecule has 3 atom stereocenters. The van der Waals surface area contributed by atoms with Crippen LogP contribution >= 0.6 is 0 Å².